The molecule has 0 saturated heterocycles. The molecule has 0 amide bonds. The zero-order valence-electron chi connectivity index (χ0n) is 10.5. The number of benzene rings is 2. The number of ether oxygens (including phenoxy) is 1. The predicted octanol–water partition coefficient (Wildman–Crippen LogP) is 4.94. The van der Waals surface area contributed by atoms with Crippen molar-refractivity contribution in [2.75, 3.05) is 5.32 Å². The molecule has 1 N–H and O–H groups in total. The van der Waals surface area contributed by atoms with Gasteiger partial charge in [0, 0.05) is 16.6 Å². The smallest absolute Gasteiger partial charge is 0.387 e. The monoisotopic (exact) mass is 363 g/mol. The third-order valence-corrected chi connectivity index (χ3v) is 3.11. The Labute approximate surface area is 126 Å². The summed E-state index contributed by atoms with van der Waals surface area (Å²) in [5.74, 6) is -1.61. The van der Waals surface area contributed by atoms with Crippen LogP contribution in [0.25, 0.3) is 0 Å². The lowest BCUT2D eigenvalue weighted by Gasteiger charge is -2.13. The minimum Gasteiger partial charge on any atom is -0.434 e. The number of rotatable bonds is 5. The first-order valence-electron chi connectivity index (χ1n) is 5.88. The summed E-state index contributed by atoms with van der Waals surface area (Å²) in [6, 6.07) is 8.24. The molecule has 0 saturated carbocycles. The molecule has 0 atom stereocenters. The lowest BCUT2D eigenvalue weighted by atomic mass is 10.2. The average Bonchev–Trinajstić information content (AvgIpc) is 2.38. The first-order chi connectivity index (χ1) is 9.97. The third kappa shape index (κ3) is 4.10. The Hall–Kier alpha value is -1.76. The number of hydrogen-bond donors (Lipinski definition) is 1. The second-order valence-electron chi connectivity index (χ2n) is 4.08. The quantitative estimate of drug-likeness (QED) is 0.759. The number of halogens is 5. The Balaban J connectivity index is 2.17. The fourth-order valence-corrected chi connectivity index (χ4v) is 2.16. The van der Waals surface area contributed by atoms with Crippen molar-refractivity contribution in [2.45, 2.75) is 13.2 Å². The van der Waals surface area contributed by atoms with E-state index >= 15 is 0 Å². The second-order valence-corrected chi connectivity index (χ2v) is 5.00. The lowest BCUT2D eigenvalue weighted by Crippen LogP contribution is -2.08. The van der Waals surface area contributed by atoms with Crippen LogP contribution >= 0.6 is 15.9 Å². The van der Waals surface area contributed by atoms with E-state index in [2.05, 4.69) is 26.0 Å². The number of hydrogen-bond acceptors (Lipinski definition) is 2. The minimum absolute atomic E-state index is 0.0436. The SMILES string of the molecule is Fc1cc(Br)cc(F)c1NCc1ccccc1OC(F)F. The van der Waals surface area contributed by atoms with Crippen LogP contribution in [-0.2, 0) is 6.54 Å². The summed E-state index contributed by atoms with van der Waals surface area (Å²) < 4.78 is 56.4. The van der Waals surface area contributed by atoms with Crippen LogP contribution in [0.2, 0.25) is 0 Å². The van der Waals surface area contributed by atoms with Crippen molar-refractivity contribution in [3.05, 3.63) is 58.1 Å². The molecule has 0 bridgehead atoms. The van der Waals surface area contributed by atoms with E-state index in [-0.39, 0.29) is 22.5 Å². The van der Waals surface area contributed by atoms with Gasteiger partial charge in [0.2, 0.25) is 0 Å². The summed E-state index contributed by atoms with van der Waals surface area (Å²) >= 11 is 2.97. The predicted molar refractivity (Wildman–Crippen MR) is 74.5 cm³/mol. The van der Waals surface area contributed by atoms with Crippen LogP contribution in [-0.4, -0.2) is 6.61 Å². The molecule has 21 heavy (non-hydrogen) atoms. The highest BCUT2D eigenvalue weighted by Crippen LogP contribution is 2.26. The van der Waals surface area contributed by atoms with E-state index in [1.807, 2.05) is 0 Å². The van der Waals surface area contributed by atoms with Gasteiger partial charge in [0.1, 0.15) is 23.1 Å². The van der Waals surface area contributed by atoms with Crippen molar-refractivity contribution in [2.24, 2.45) is 0 Å². The van der Waals surface area contributed by atoms with E-state index in [0.29, 0.717) is 5.56 Å². The minimum atomic E-state index is -2.97. The van der Waals surface area contributed by atoms with Crippen LogP contribution in [0.15, 0.2) is 40.9 Å². The van der Waals surface area contributed by atoms with Crippen molar-refractivity contribution in [1.29, 1.82) is 0 Å². The Morgan fingerprint density at radius 3 is 2.33 bits per heavy atom. The first-order valence-corrected chi connectivity index (χ1v) is 6.68. The molecule has 0 aliphatic heterocycles. The van der Waals surface area contributed by atoms with Gasteiger partial charge in [0.15, 0.2) is 0 Å². The highest BCUT2D eigenvalue weighted by molar-refractivity contribution is 9.10. The van der Waals surface area contributed by atoms with Crippen molar-refractivity contribution in [3.63, 3.8) is 0 Å². The molecule has 0 aliphatic rings. The number of anilines is 1. The molecule has 2 aromatic carbocycles. The molecule has 2 nitrogen and oxygen atoms in total. The molecule has 0 heterocycles. The number of nitrogens with one attached hydrogen (secondary N) is 1. The average molecular weight is 364 g/mol. The molecule has 7 heteroatoms. The van der Waals surface area contributed by atoms with E-state index < -0.39 is 18.2 Å². The second kappa shape index (κ2) is 6.80. The normalized spacial score (nSPS) is 10.8. The maximum absolute atomic E-state index is 13.6. The van der Waals surface area contributed by atoms with Gasteiger partial charge in [0.25, 0.3) is 0 Å². The molecule has 0 aliphatic carbocycles. The summed E-state index contributed by atoms with van der Waals surface area (Å²) in [4.78, 5) is 0. The summed E-state index contributed by atoms with van der Waals surface area (Å²) in [7, 11) is 0. The maximum Gasteiger partial charge on any atom is 0.387 e. The van der Waals surface area contributed by atoms with Crippen molar-refractivity contribution >= 4 is 21.6 Å². The van der Waals surface area contributed by atoms with Gasteiger partial charge >= 0.3 is 6.61 Å². The fraction of sp³-hybridized carbons (Fsp3) is 0.143. The number of alkyl halides is 2. The molecule has 112 valence electrons. The van der Waals surface area contributed by atoms with Gasteiger partial charge in [-0.2, -0.15) is 8.78 Å². The summed E-state index contributed by atoms with van der Waals surface area (Å²) in [6.07, 6.45) is 0. The zero-order valence-corrected chi connectivity index (χ0v) is 12.1. The third-order valence-electron chi connectivity index (χ3n) is 2.65. The molecular formula is C14H10BrF4NO. The van der Waals surface area contributed by atoms with Gasteiger partial charge in [-0.15, -0.1) is 0 Å². The molecule has 0 spiro atoms. The Kier molecular flexibility index (Phi) is 5.06. The van der Waals surface area contributed by atoms with Crippen LogP contribution in [0.5, 0.6) is 5.75 Å². The first kappa shape index (κ1) is 15.6. The molecule has 0 radical (unpaired) electrons. The number of para-hydroxylation sites is 1. The highest BCUT2D eigenvalue weighted by atomic mass is 79.9. The molecule has 0 aromatic heterocycles. The Morgan fingerprint density at radius 2 is 1.71 bits per heavy atom. The molecule has 0 unspecified atom stereocenters. The van der Waals surface area contributed by atoms with Crippen LogP contribution in [0.3, 0.4) is 0 Å². The van der Waals surface area contributed by atoms with Crippen molar-refractivity contribution in [1.82, 2.24) is 0 Å². The van der Waals surface area contributed by atoms with Gasteiger partial charge in [-0.05, 0) is 18.2 Å². The van der Waals surface area contributed by atoms with E-state index in [4.69, 9.17) is 0 Å². The summed E-state index contributed by atoms with van der Waals surface area (Å²) in [5.41, 5.74) is 0.0320. The largest absolute Gasteiger partial charge is 0.434 e. The zero-order chi connectivity index (χ0) is 15.4. The van der Waals surface area contributed by atoms with Crippen molar-refractivity contribution in [3.8, 4) is 5.75 Å². The maximum atomic E-state index is 13.6. The van der Waals surface area contributed by atoms with E-state index in [0.717, 1.165) is 12.1 Å². The van der Waals surface area contributed by atoms with Gasteiger partial charge in [-0.3, -0.25) is 0 Å². The Morgan fingerprint density at radius 1 is 1.10 bits per heavy atom. The van der Waals surface area contributed by atoms with Gasteiger partial charge < -0.3 is 10.1 Å². The standard InChI is InChI=1S/C14H10BrF4NO/c15-9-5-10(16)13(11(17)6-9)20-7-8-3-1-2-4-12(8)21-14(18)19/h1-6,14,20H,7H2. The van der Waals surface area contributed by atoms with Crippen LogP contribution in [0.4, 0.5) is 23.2 Å². The van der Waals surface area contributed by atoms with E-state index in [1.54, 1.807) is 6.07 Å². The van der Waals surface area contributed by atoms with Crippen LogP contribution in [0.1, 0.15) is 5.56 Å². The van der Waals surface area contributed by atoms with Gasteiger partial charge in [-0.25, -0.2) is 8.78 Å². The Bertz CT molecular complexity index is 613. The summed E-state index contributed by atoms with van der Waals surface area (Å²) in [5, 5.41) is 2.54. The molecule has 2 rings (SSSR count). The highest BCUT2D eigenvalue weighted by Gasteiger charge is 2.13. The van der Waals surface area contributed by atoms with E-state index in [9.17, 15) is 17.6 Å². The molecule has 0 fully saturated rings. The summed E-state index contributed by atoms with van der Waals surface area (Å²) in [6.45, 7) is -3.02. The topological polar surface area (TPSA) is 21.3 Å². The fourth-order valence-electron chi connectivity index (χ4n) is 1.76. The van der Waals surface area contributed by atoms with Crippen LogP contribution < -0.4 is 10.1 Å². The van der Waals surface area contributed by atoms with Crippen LogP contribution in [0, 0.1) is 11.6 Å². The van der Waals surface area contributed by atoms with Gasteiger partial charge in [-0.1, -0.05) is 34.1 Å². The van der Waals surface area contributed by atoms with E-state index in [1.165, 1.54) is 18.2 Å². The lowest BCUT2D eigenvalue weighted by molar-refractivity contribution is -0.0504. The van der Waals surface area contributed by atoms with Crippen molar-refractivity contribution < 1.29 is 22.3 Å². The van der Waals surface area contributed by atoms with Gasteiger partial charge in [0.05, 0.1) is 0 Å². The molecular weight excluding hydrogens is 354 g/mol. The molecule has 2 aromatic rings.